The van der Waals surface area contributed by atoms with E-state index in [1.807, 2.05) is 29.1 Å². The van der Waals surface area contributed by atoms with Gasteiger partial charge in [0, 0.05) is 22.5 Å². The van der Waals surface area contributed by atoms with E-state index in [9.17, 15) is 5.11 Å². The van der Waals surface area contributed by atoms with Gasteiger partial charge in [-0.15, -0.1) is 0 Å². The number of fused-ring (bicyclic) bond motifs is 3. The van der Waals surface area contributed by atoms with Gasteiger partial charge in [0.15, 0.2) is 11.5 Å². The first-order valence-electron chi connectivity index (χ1n) is 10.2. The molecule has 0 unspecified atom stereocenters. The van der Waals surface area contributed by atoms with E-state index in [4.69, 9.17) is 14.8 Å². The highest BCUT2D eigenvalue weighted by Crippen LogP contribution is 2.37. The van der Waals surface area contributed by atoms with Crippen molar-refractivity contribution in [1.82, 2.24) is 14.8 Å². The number of aromatic hydroxyl groups is 1. The van der Waals surface area contributed by atoms with Crippen LogP contribution in [0.3, 0.4) is 0 Å². The number of benzene rings is 3. The normalized spacial score (nSPS) is 11.4. The van der Waals surface area contributed by atoms with Crippen molar-refractivity contribution in [3.05, 3.63) is 77.5 Å². The molecule has 0 saturated carbocycles. The fraction of sp³-hybridized carbons (Fsp3) is 0.154. The van der Waals surface area contributed by atoms with Crippen molar-refractivity contribution in [3.63, 3.8) is 0 Å². The number of aryl methyl sites for hydroxylation is 3. The first-order chi connectivity index (χ1) is 15.0. The van der Waals surface area contributed by atoms with E-state index < -0.39 is 0 Å². The molecule has 0 aliphatic carbocycles. The van der Waals surface area contributed by atoms with Crippen LogP contribution in [0.25, 0.3) is 38.8 Å². The van der Waals surface area contributed by atoms with Gasteiger partial charge in [-0.1, -0.05) is 29.3 Å². The smallest absolute Gasteiger partial charge is 0.161 e. The van der Waals surface area contributed by atoms with E-state index in [1.54, 1.807) is 13.2 Å². The number of rotatable bonds is 3. The maximum atomic E-state index is 10.0. The molecule has 1 N–H and O–H groups in total. The van der Waals surface area contributed by atoms with Crippen LogP contribution in [-0.4, -0.2) is 27.0 Å². The molecule has 0 saturated heterocycles. The molecule has 0 spiro atoms. The minimum Gasteiger partial charge on any atom is -0.504 e. The van der Waals surface area contributed by atoms with Crippen molar-refractivity contribution >= 4 is 21.8 Å². The standard InChI is InChI=1S/C26H23N3O2/c1-15-6-9-22(17(3)11-15)29-26-19-12-16(2)5-8-21(19)27-14-20(26)25(28-29)18-7-10-23(30)24(13-18)31-4/h5-14,30H,1-4H3. The molecular formula is C26H23N3O2. The molecule has 2 heterocycles. The summed E-state index contributed by atoms with van der Waals surface area (Å²) >= 11 is 0. The highest BCUT2D eigenvalue weighted by atomic mass is 16.5. The first-order valence-corrected chi connectivity index (χ1v) is 10.2. The van der Waals surface area contributed by atoms with Gasteiger partial charge in [0.05, 0.1) is 23.8 Å². The number of ether oxygens (including phenoxy) is 1. The van der Waals surface area contributed by atoms with E-state index in [1.165, 1.54) is 11.1 Å². The summed E-state index contributed by atoms with van der Waals surface area (Å²) in [5, 5.41) is 17.1. The Bertz CT molecular complexity index is 1470. The summed E-state index contributed by atoms with van der Waals surface area (Å²) in [5.41, 5.74) is 8.16. The molecule has 0 aliphatic heterocycles. The molecule has 0 bridgehead atoms. The van der Waals surface area contributed by atoms with Crippen LogP contribution >= 0.6 is 0 Å². The quantitative estimate of drug-likeness (QED) is 0.404. The third kappa shape index (κ3) is 3.10. The zero-order valence-electron chi connectivity index (χ0n) is 18.0. The summed E-state index contributed by atoms with van der Waals surface area (Å²) < 4.78 is 7.34. The maximum absolute atomic E-state index is 10.0. The molecule has 5 heteroatoms. The van der Waals surface area contributed by atoms with E-state index in [0.717, 1.165) is 44.3 Å². The number of methoxy groups -OCH3 is 1. The Kier molecular flexibility index (Phi) is 4.40. The van der Waals surface area contributed by atoms with Crippen LogP contribution in [0.1, 0.15) is 16.7 Å². The van der Waals surface area contributed by atoms with Crippen LogP contribution in [0.2, 0.25) is 0 Å². The highest BCUT2D eigenvalue weighted by molar-refractivity contribution is 6.09. The highest BCUT2D eigenvalue weighted by Gasteiger charge is 2.19. The Labute approximate surface area is 180 Å². The average Bonchev–Trinajstić information content (AvgIpc) is 3.14. The minimum absolute atomic E-state index is 0.101. The van der Waals surface area contributed by atoms with Gasteiger partial charge in [-0.2, -0.15) is 5.10 Å². The predicted molar refractivity (Wildman–Crippen MR) is 124 cm³/mol. The minimum atomic E-state index is 0.101. The maximum Gasteiger partial charge on any atom is 0.161 e. The fourth-order valence-corrected chi connectivity index (χ4v) is 4.15. The van der Waals surface area contributed by atoms with Crippen LogP contribution in [0.15, 0.2) is 60.8 Å². The van der Waals surface area contributed by atoms with Gasteiger partial charge in [-0.25, -0.2) is 4.68 Å². The van der Waals surface area contributed by atoms with Crippen molar-refractivity contribution in [2.24, 2.45) is 0 Å². The molecule has 154 valence electrons. The summed E-state index contributed by atoms with van der Waals surface area (Å²) in [6.45, 7) is 6.28. The van der Waals surface area contributed by atoms with Crippen LogP contribution in [0.4, 0.5) is 0 Å². The van der Waals surface area contributed by atoms with Crippen molar-refractivity contribution in [1.29, 1.82) is 0 Å². The Morgan fingerprint density at radius 1 is 0.871 bits per heavy atom. The first kappa shape index (κ1) is 19.1. The van der Waals surface area contributed by atoms with Crippen LogP contribution in [-0.2, 0) is 0 Å². The lowest BCUT2D eigenvalue weighted by Gasteiger charge is -2.10. The Morgan fingerprint density at radius 3 is 2.42 bits per heavy atom. The second kappa shape index (κ2) is 7.13. The second-order valence-corrected chi connectivity index (χ2v) is 7.98. The molecular weight excluding hydrogens is 386 g/mol. The number of pyridine rings is 1. The van der Waals surface area contributed by atoms with Crippen molar-refractivity contribution < 1.29 is 9.84 Å². The van der Waals surface area contributed by atoms with Crippen LogP contribution in [0, 0.1) is 20.8 Å². The van der Waals surface area contributed by atoms with Gasteiger partial charge in [-0.05, 0) is 62.7 Å². The zero-order valence-corrected chi connectivity index (χ0v) is 18.0. The summed E-state index contributed by atoms with van der Waals surface area (Å²) in [7, 11) is 1.54. The zero-order chi connectivity index (χ0) is 21.7. The predicted octanol–water partition coefficient (Wildman–Crippen LogP) is 5.88. The lowest BCUT2D eigenvalue weighted by atomic mass is 10.0. The van der Waals surface area contributed by atoms with Gasteiger partial charge >= 0.3 is 0 Å². The number of phenolic OH excluding ortho intramolecular Hbond substituents is 1. The number of hydrogen-bond donors (Lipinski definition) is 1. The fourth-order valence-electron chi connectivity index (χ4n) is 4.15. The van der Waals surface area contributed by atoms with Crippen LogP contribution in [0.5, 0.6) is 11.5 Å². The SMILES string of the molecule is COc1cc(-c2nn(-c3ccc(C)cc3C)c3c2cnc2ccc(C)cc23)ccc1O. The van der Waals surface area contributed by atoms with Gasteiger partial charge in [0.25, 0.3) is 0 Å². The lowest BCUT2D eigenvalue weighted by Crippen LogP contribution is -2.00. The second-order valence-electron chi connectivity index (χ2n) is 7.98. The molecule has 0 radical (unpaired) electrons. The van der Waals surface area contributed by atoms with Gasteiger partial charge < -0.3 is 9.84 Å². The number of phenols is 1. The summed E-state index contributed by atoms with van der Waals surface area (Å²) in [6, 6.07) is 18.0. The molecule has 5 aromatic rings. The molecule has 0 fully saturated rings. The van der Waals surface area contributed by atoms with Crippen molar-refractivity contribution in [2.45, 2.75) is 20.8 Å². The van der Waals surface area contributed by atoms with Gasteiger partial charge in [0.1, 0.15) is 5.69 Å². The number of hydrogen-bond acceptors (Lipinski definition) is 4. The summed E-state index contributed by atoms with van der Waals surface area (Å²) in [5.74, 6) is 0.514. The topological polar surface area (TPSA) is 60.2 Å². The van der Waals surface area contributed by atoms with Gasteiger partial charge in [0.2, 0.25) is 0 Å². The van der Waals surface area contributed by atoms with E-state index in [2.05, 4.69) is 51.1 Å². The van der Waals surface area contributed by atoms with Gasteiger partial charge in [-0.3, -0.25) is 4.98 Å². The molecule has 5 nitrogen and oxygen atoms in total. The molecule has 0 amide bonds. The number of nitrogens with zero attached hydrogens (tertiary/aromatic N) is 3. The van der Waals surface area contributed by atoms with E-state index >= 15 is 0 Å². The lowest BCUT2D eigenvalue weighted by molar-refractivity contribution is 0.373. The monoisotopic (exact) mass is 409 g/mol. The third-order valence-corrected chi connectivity index (χ3v) is 5.70. The Morgan fingerprint density at radius 2 is 1.65 bits per heavy atom. The molecule has 31 heavy (non-hydrogen) atoms. The Balaban J connectivity index is 1.90. The summed E-state index contributed by atoms with van der Waals surface area (Å²) in [4.78, 5) is 4.71. The summed E-state index contributed by atoms with van der Waals surface area (Å²) in [6.07, 6.45) is 1.88. The molecule has 3 aromatic carbocycles. The average molecular weight is 409 g/mol. The number of aromatic nitrogens is 3. The molecule has 2 aromatic heterocycles. The van der Waals surface area contributed by atoms with Crippen LogP contribution < -0.4 is 4.74 Å². The third-order valence-electron chi connectivity index (χ3n) is 5.70. The molecule has 5 rings (SSSR count). The largest absolute Gasteiger partial charge is 0.504 e. The van der Waals surface area contributed by atoms with E-state index in [0.29, 0.717) is 5.75 Å². The van der Waals surface area contributed by atoms with Crippen molar-refractivity contribution in [3.8, 4) is 28.4 Å². The molecule has 0 atom stereocenters. The van der Waals surface area contributed by atoms with E-state index in [-0.39, 0.29) is 5.75 Å². The Hall–Kier alpha value is -3.86. The van der Waals surface area contributed by atoms with Crippen molar-refractivity contribution in [2.75, 3.05) is 7.11 Å². The molecule has 0 aliphatic rings.